The van der Waals surface area contributed by atoms with Gasteiger partial charge in [-0.3, -0.25) is 4.79 Å². The third-order valence-corrected chi connectivity index (χ3v) is 10.6. The molecule has 4 rings (SSSR count). The number of methoxy groups -OCH3 is 1. The molecule has 0 heterocycles. The molecular weight excluding hydrogens is 402 g/mol. The highest BCUT2D eigenvalue weighted by atomic mass is 16.5. The van der Waals surface area contributed by atoms with Crippen LogP contribution in [0, 0.1) is 46.3 Å². The Kier molecular flexibility index (Phi) is 6.61. The standard InChI is InChI=1S/C26H43N3O3/c1-16(5-10-23(30)32-4)20-8-9-21-19-7-6-17-15-18(28-29-24(27)31)11-13-25(17,2)22(19)12-14-26(20,21)3/h16-17,19-22H,5-15H2,1-4H3,(H3,27,29,31)/b28-18-/t16-,17+,19-,20+,21+,22-,25-,26+/m0/s1. The summed E-state index contributed by atoms with van der Waals surface area (Å²) < 4.78 is 4.89. The van der Waals surface area contributed by atoms with E-state index < -0.39 is 6.03 Å². The minimum absolute atomic E-state index is 0.0715. The smallest absolute Gasteiger partial charge is 0.332 e. The fourth-order valence-electron chi connectivity index (χ4n) is 8.92. The van der Waals surface area contributed by atoms with E-state index in [9.17, 15) is 9.59 Å². The summed E-state index contributed by atoms with van der Waals surface area (Å²) in [5, 5.41) is 4.30. The Hall–Kier alpha value is -1.59. The van der Waals surface area contributed by atoms with Gasteiger partial charge < -0.3 is 10.5 Å². The predicted molar refractivity (Wildman–Crippen MR) is 126 cm³/mol. The van der Waals surface area contributed by atoms with Crippen LogP contribution in [0.2, 0.25) is 0 Å². The van der Waals surface area contributed by atoms with Crippen LogP contribution in [0.1, 0.15) is 91.4 Å². The number of primary amides is 1. The summed E-state index contributed by atoms with van der Waals surface area (Å²) in [6, 6.07) is -0.572. The minimum Gasteiger partial charge on any atom is -0.469 e. The predicted octanol–water partition coefficient (Wildman–Crippen LogP) is 5.26. The molecule has 3 N–H and O–H groups in total. The van der Waals surface area contributed by atoms with E-state index in [0.29, 0.717) is 29.1 Å². The van der Waals surface area contributed by atoms with Crippen molar-refractivity contribution in [2.75, 3.05) is 7.11 Å². The maximum Gasteiger partial charge on any atom is 0.332 e. The summed E-state index contributed by atoms with van der Waals surface area (Å²) in [6.45, 7) is 7.50. The van der Waals surface area contributed by atoms with Crippen LogP contribution in [0.5, 0.6) is 0 Å². The van der Waals surface area contributed by atoms with Gasteiger partial charge in [-0.25, -0.2) is 10.2 Å². The number of nitrogens with one attached hydrogen (secondary N) is 1. The van der Waals surface area contributed by atoms with Crippen molar-refractivity contribution in [3.05, 3.63) is 0 Å². The lowest BCUT2D eigenvalue weighted by molar-refractivity contribution is -0.141. The zero-order valence-electron chi connectivity index (χ0n) is 20.5. The molecule has 0 radical (unpaired) electrons. The van der Waals surface area contributed by atoms with Gasteiger partial charge in [0.15, 0.2) is 0 Å². The van der Waals surface area contributed by atoms with Crippen LogP contribution < -0.4 is 11.2 Å². The van der Waals surface area contributed by atoms with Crippen molar-refractivity contribution in [3.63, 3.8) is 0 Å². The van der Waals surface area contributed by atoms with E-state index in [1.807, 2.05) is 0 Å². The summed E-state index contributed by atoms with van der Waals surface area (Å²) in [4.78, 5) is 22.7. The molecule has 0 aromatic carbocycles. The Morgan fingerprint density at radius 3 is 2.59 bits per heavy atom. The minimum atomic E-state index is -0.572. The number of ether oxygens (including phenoxy) is 1. The second kappa shape index (κ2) is 8.98. The first kappa shape index (κ1) is 23.6. The quantitative estimate of drug-likeness (QED) is 0.446. The Bertz CT molecular complexity index is 767. The molecule has 4 saturated carbocycles. The van der Waals surface area contributed by atoms with Crippen molar-refractivity contribution in [3.8, 4) is 0 Å². The summed E-state index contributed by atoms with van der Waals surface area (Å²) >= 11 is 0. The Morgan fingerprint density at radius 2 is 1.88 bits per heavy atom. The molecule has 4 aliphatic carbocycles. The molecule has 0 saturated heterocycles. The van der Waals surface area contributed by atoms with Crippen molar-refractivity contribution < 1.29 is 14.3 Å². The van der Waals surface area contributed by atoms with Gasteiger partial charge in [0, 0.05) is 12.1 Å². The summed E-state index contributed by atoms with van der Waals surface area (Å²) in [5.41, 5.74) is 9.59. The maximum absolute atomic E-state index is 11.7. The number of carbonyl (C=O) groups is 2. The average molecular weight is 446 g/mol. The maximum atomic E-state index is 11.7. The van der Waals surface area contributed by atoms with Gasteiger partial charge in [0.1, 0.15) is 0 Å². The van der Waals surface area contributed by atoms with Gasteiger partial charge in [-0.1, -0.05) is 20.8 Å². The van der Waals surface area contributed by atoms with Crippen LogP contribution in [-0.2, 0) is 9.53 Å². The Morgan fingerprint density at radius 1 is 1.12 bits per heavy atom. The van der Waals surface area contributed by atoms with Crippen LogP contribution in [0.3, 0.4) is 0 Å². The third-order valence-electron chi connectivity index (χ3n) is 10.6. The lowest BCUT2D eigenvalue weighted by Gasteiger charge is -2.60. The number of amides is 2. The number of esters is 1. The highest BCUT2D eigenvalue weighted by Gasteiger charge is 2.60. The molecule has 180 valence electrons. The van der Waals surface area contributed by atoms with E-state index >= 15 is 0 Å². The van der Waals surface area contributed by atoms with Crippen molar-refractivity contribution >= 4 is 17.7 Å². The van der Waals surface area contributed by atoms with Crippen LogP contribution in [0.4, 0.5) is 4.79 Å². The highest BCUT2D eigenvalue weighted by molar-refractivity contribution is 5.87. The zero-order chi connectivity index (χ0) is 23.1. The van der Waals surface area contributed by atoms with Crippen LogP contribution >= 0.6 is 0 Å². The van der Waals surface area contributed by atoms with E-state index in [4.69, 9.17) is 10.5 Å². The molecule has 6 heteroatoms. The lowest BCUT2D eigenvalue weighted by Crippen LogP contribution is -2.54. The molecule has 0 aromatic heterocycles. The topological polar surface area (TPSA) is 93.8 Å². The second-order valence-corrected chi connectivity index (χ2v) is 11.8. The largest absolute Gasteiger partial charge is 0.469 e. The number of nitrogens with two attached hydrogens (primary N) is 1. The van der Waals surface area contributed by atoms with Crippen molar-refractivity contribution in [1.82, 2.24) is 5.43 Å². The van der Waals surface area contributed by atoms with Crippen molar-refractivity contribution in [1.29, 1.82) is 0 Å². The van der Waals surface area contributed by atoms with Gasteiger partial charge >= 0.3 is 12.0 Å². The second-order valence-electron chi connectivity index (χ2n) is 11.8. The van der Waals surface area contributed by atoms with Crippen molar-refractivity contribution in [2.24, 2.45) is 57.2 Å². The van der Waals surface area contributed by atoms with Crippen LogP contribution in [-0.4, -0.2) is 24.8 Å². The molecule has 8 atom stereocenters. The van der Waals surface area contributed by atoms with E-state index in [2.05, 4.69) is 31.3 Å². The van der Waals surface area contributed by atoms with Gasteiger partial charge in [-0.05, 0) is 111 Å². The molecule has 2 amide bonds. The number of rotatable bonds is 5. The van der Waals surface area contributed by atoms with Gasteiger partial charge in [0.2, 0.25) is 0 Å². The number of hydrogen-bond acceptors (Lipinski definition) is 4. The van der Waals surface area contributed by atoms with Crippen molar-refractivity contribution in [2.45, 2.75) is 91.4 Å². The first-order valence-corrected chi connectivity index (χ1v) is 12.9. The SMILES string of the molecule is COC(=O)CC[C@H](C)[C@H]1CC[C@@H]2[C@@H]3CC[C@@H]4C/C(=N\NC(N)=O)CC[C@]4(C)[C@H]3CC[C@@]21C. The van der Waals surface area contributed by atoms with Gasteiger partial charge in [0.25, 0.3) is 0 Å². The summed E-state index contributed by atoms with van der Waals surface area (Å²) in [6.07, 6.45) is 12.7. The average Bonchev–Trinajstić information content (AvgIpc) is 3.12. The number of fused-ring (bicyclic) bond motifs is 5. The lowest BCUT2D eigenvalue weighted by atomic mass is 9.44. The van der Waals surface area contributed by atoms with Gasteiger partial charge in [0.05, 0.1) is 7.11 Å². The van der Waals surface area contributed by atoms with E-state index in [0.717, 1.165) is 48.6 Å². The molecule has 0 spiro atoms. The monoisotopic (exact) mass is 445 g/mol. The van der Waals surface area contributed by atoms with E-state index in [1.165, 1.54) is 52.1 Å². The van der Waals surface area contributed by atoms with Crippen LogP contribution in [0.15, 0.2) is 5.10 Å². The van der Waals surface area contributed by atoms with Gasteiger partial charge in [-0.15, -0.1) is 0 Å². The molecule has 4 aliphatic rings. The number of carbonyl (C=O) groups excluding carboxylic acids is 2. The molecule has 0 aromatic rings. The summed E-state index contributed by atoms with van der Waals surface area (Å²) in [7, 11) is 1.49. The fraction of sp³-hybridized carbons (Fsp3) is 0.885. The first-order chi connectivity index (χ1) is 15.2. The number of hydrazone groups is 1. The first-order valence-electron chi connectivity index (χ1n) is 12.9. The molecule has 6 nitrogen and oxygen atoms in total. The Labute approximate surface area is 193 Å². The number of nitrogens with zero attached hydrogens (tertiary/aromatic N) is 1. The molecule has 0 bridgehead atoms. The molecule has 0 unspecified atom stereocenters. The molecular formula is C26H43N3O3. The van der Waals surface area contributed by atoms with Gasteiger partial charge in [-0.2, -0.15) is 5.10 Å². The van der Waals surface area contributed by atoms with E-state index in [1.54, 1.807) is 0 Å². The normalized spacial score (nSPS) is 43.0. The number of urea groups is 1. The zero-order valence-corrected chi connectivity index (χ0v) is 20.5. The molecule has 0 aliphatic heterocycles. The molecule has 4 fully saturated rings. The third kappa shape index (κ3) is 4.07. The summed E-state index contributed by atoms with van der Waals surface area (Å²) in [5.74, 6) is 4.40. The number of hydrogen-bond donors (Lipinski definition) is 2. The van der Waals surface area contributed by atoms with E-state index in [-0.39, 0.29) is 5.97 Å². The molecule has 32 heavy (non-hydrogen) atoms. The fourth-order valence-corrected chi connectivity index (χ4v) is 8.92. The highest BCUT2D eigenvalue weighted by Crippen LogP contribution is 2.68. The van der Waals surface area contributed by atoms with Crippen LogP contribution in [0.25, 0.3) is 0 Å². The Balaban J connectivity index is 1.45.